The van der Waals surface area contributed by atoms with E-state index in [1.807, 2.05) is 12.1 Å². The molecule has 1 aromatic heterocycles. The molecule has 0 radical (unpaired) electrons. The Morgan fingerprint density at radius 1 is 1.38 bits per heavy atom. The first-order valence-corrected chi connectivity index (χ1v) is 7.75. The Kier molecular flexibility index (Phi) is 4.01. The second-order valence-corrected chi connectivity index (χ2v) is 6.13. The van der Waals surface area contributed by atoms with E-state index in [0.717, 1.165) is 5.56 Å². The molecule has 0 aliphatic carbocycles. The van der Waals surface area contributed by atoms with E-state index < -0.39 is 12.0 Å². The molecule has 1 aliphatic heterocycles. The van der Waals surface area contributed by atoms with E-state index in [2.05, 4.69) is 10.4 Å². The molecular weight excluding hydrogens is 308 g/mol. The molecule has 7 heteroatoms. The van der Waals surface area contributed by atoms with Crippen molar-refractivity contribution in [1.82, 2.24) is 20.0 Å². The quantitative estimate of drug-likeness (QED) is 0.885. The van der Waals surface area contributed by atoms with Gasteiger partial charge in [-0.25, -0.2) is 0 Å². The van der Waals surface area contributed by atoms with Crippen molar-refractivity contribution >= 4 is 11.8 Å². The fraction of sp³-hybridized carbons (Fsp3) is 0.353. The van der Waals surface area contributed by atoms with Crippen molar-refractivity contribution in [3.05, 3.63) is 47.3 Å². The number of carbonyl (C=O) groups is 2. The van der Waals surface area contributed by atoms with Gasteiger partial charge in [0.15, 0.2) is 5.75 Å². The standard InChI is InChI=1S/C17H20N4O3/c1-10(15-14(22)9-21(3)19-15)18-16(23)13-8-20(2)17(24)12-7-5-4-6-11(12)13/h4-7,9-10,13,22H,8H2,1-3H3,(H,18,23). The molecular formula is C17H20N4O3. The average Bonchev–Trinajstić information content (AvgIpc) is 2.89. The Balaban J connectivity index is 1.84. The number of benzene rings is 1. The van der Waals surface area contributed by atoms with Gasteiger partial charge >= 0.3 is 0 Å². The number of rotatable bonds is 3. The van der Waals surface area contributed by atoms with E-state index in [1.54, 1.807) is 38.1 Å². The number of aromatic nitrogens is 2. The number of hydrogen-bond acceptors (Lipinski definition) is 4. The predicted octanol–water partition coefficient (Wildman–Crippen LogP) is 1.17. The number of carbonyl (C=O) groups excluding carboxylic acids is 2. The zero-order valence-corrected chi connectivity index (χ0v) is 13.9. The van der Waals surface area contributed by atoms with Gasteiger partial charge in [0.25, 0.3) is 5.91 Å². The molecule has 0 bridgehead atoms. The minimum Gasteiger partial charge on any atom is -0.504 e. The van der Waals surface area contributed by atoms with Crippen molar-refractivity contribution in [1.29, 1.82) is 0 Å². The van der Waals surface area contributed by atoms with Crippen LogP contribution in [-0.4, -0.2) is 45.2 Å². The lowest BCUT2D eigenvalue weighted by atomic mass is 9.88. The Hall–Kier alpha value is -2.83. The van der Waals surface area contributed by atoms with Crippen LogP contribution in [0.1, 0.15) is 40.5 Å². The van der Waals surface area contributed by atoms with Crippen LogP contribution >= 0.6 is 0 Å². The second kappa shape index (κ2) is 5.99. The van der Waals surface area contributed by atoms with Gasteiger partial charge in [-0.3, -0.25) is 14.3 Å². The first kappa shape index (κ1) is 16.0. The summed E-state index contributed by atoms with van der Waals surface area (Å²) in [5.41, 5.74) is 1.70. The van der Waals surface area contributed by atoms with Gasteiger partial charge in [0, 0.05) is 26.2 Å². The molecule has 0 spiro atoms. The SMILES string of the molecule is CC(NC(=O)C1CN(C)C(=O)c2ccccc21)c1nn(C)cc1O. The van der Waals surface area contributed by atoms with Crippen molar-refractivity contribution in [2.75, 3.05) is 13.6 Å². The maximum absolute atomic E-state index is 12.7. The van der Waals surface area contributed by atoms with Gasteiger partial charge in [-0.15, -0.1) is 0 Å². The Morgan fingerprint density at radius 2 is 2.08 bits per heavy atom. The van der Waals surface area contributed by atoms with Crippen LogP contribution in [0.2, 0.25) is 0 Å². The third-order valence-electron chi connectivity index (χ3n) is 4.29. The first-order chi connectivity index (χ1) is 11.4. The minimum atomic E-state index is -0.447. The van der Waals surface area contributed by atoms with Crippen molar-refractivity contribution < 1.29 is 14.7 Å². The highest BCUT2D eigenvalue weighted by Gasteiger charge is 2.34. The monoisotopic (exact) mass is 328 g/mol. The summed E-state index contributed by atoms with van der Waals surface area (Å²) in [6.07, 6.45) is 1.49. The molecule has 7 nitrogen and oxygen atoms in total. The molecule has 0 saturated carbocycles. The lowest BCUT2D eigenvalue weighted by molar-refractivity contribution is -0.123. The van der Waals surface area contributed by atoms with Crippen LogP contribution in [0.25, 0.3) is 0 Å². The van der Waals surface area contributed by atoms with Crippen LogP contribution in [0, 0.1) is 0 Å². The number of hydrogen-bond donors (Lipinski definition) is 2. The summed E-state index contributed by atoms with van der Waals surface area (Å²) < 4.78 is 1.50. The van der Waals surface area contributed by atoms with Crippen LogP contribution in [0.3, 0.4) is 0 Å². The third-order valence-corrected chi connectivity index (χ3v) is 4.29. The van der Waals surface area contributed by atoms with Crippen LogP contribution in [-0.2, 0) is 11.8 Å². The van der Waals surface area contributed by atoms with E-state index in [1.165, 1.54) is 10.9 Å². The number of aryl methyl sites for hydroxylation is 1. The Morgan fingerprint density at radius 3 is 2.75 bits per heavy atom. The largest absolute Gasteiger partial charge is 0.504 e. The maximum Gasteiger partial charge on any atom is 0.253 e. The number of nitrogens with zero attached hydrogens (tertiary/aromatic N) is 3. The molecule has 2 N–H and O–H groups in total. The summed E-state index contributed by atoms with van der Waals surface area (Å²) in [7, 11) is 3.39. The van der Waals surface area contributed by atoms with Crippen molar-refractivity contribution in [3.63, 3.8) is 0 Å². The first-order valence-electron chi connectivity index (χ1n) is 7.75. The molecule has 0 fully saturated rings. The fourth-order valence-corrected chi connectivity index (χ4v) is 3.06. The molecule has 2 amide bonds. The predicted molar refractivity (Wildman–Crippen MR) is 87.6 cm³/mol. The average molecular weight is 328 g/mol. The van der Waals surface area contributed by atoms with Crippen LogP contribution in [0.4, 0.5) is 0 Å². The van der Waals surface area contributed by atoms with E-state index in [0.29, 0.717) is 17.8 Å². The third kappa shape index (κ3) is 2.73. The number of aromatic hydroxyl groups is 1. The zero-order valence-electron chi connectivity index (χ0n) is 13.9. The number of nitrogens with one attached hydrogen (secondary N) is 1. The lowest BCUT2D eigenvalue weighted by Crippen LogP contribution is -2.43. The van der Waals surface area contributed by atoms with Gasteiger partial charge < -0.3 is 15.3 Å². The normalized spacial score (nSPS) is 18.2. The highest BCUT2D eigenvalue weighted by Crippen LogP contribution is 2.29. The van der Waals surface area contributed by atoms with Gasteiger partial charge in [0.1, 0.15) is 5.69 Å². The van der Waals surface area contributed by atoms with Crippen molar-refractivity contribution in [3.8, 4) is 5.75 Å². The van der Waals surface area contributed by atoms with Crippen LogP contribution in [0.5, 0.6) is 5.75 Å². The summed E-state index contributed by atoms with van der Waals surface area (Å²) in [5.74, 6) is -0.678. The molecule has 2 aromatic rings. The van der Waals surface area contributed by atoms with E-state index in [9.17, 15) is 14.7 Å². The summed E-state index contributed by atoms with van der Waals surface area (Å²) in [4.78, 5) is 26.5. The summed E-state index contributed by atoms with van der Waals surface area (Å²) in [6, 6.07) is 6.73. The van der Waals surface area contributed by atoms with E-state index >= 15 is 0 Å². The van der Waals surface area contributed by atoms with Gasteiger partial charge in [0.2, 0.25) is 5.91 Å². The number of likely N-dealkylation sites (N-methyl/N-ethyl adjacent to an activating group) is 1. The van der Waals surface area contributed by atoms with Gasteiger partial charge in [0.05, 0.1) is 18.2 Å². The lowest BCUT2D eigenvalue weighted by Gasteiger charge is -2.31. The topological polar surface area (TPSA) is 87.5 Å². The molecule has 24 heavy (non-hydrogen) atoms. The Labute approximate surface area is 139 Å². The molecule has 2 atom stereocenters. The fourth-order valence-electron chi connectivity index (χ4n) is 3.06. The number of fused-ring (bicyclic) bond motifs is 1. The van der Waals surface area contributed by atoms with Crippen molar-refractivity contribution in [2.24, 2.45) is 7.05 Å². The molecule has 2 heterocycles. The van der Waals surface area contributed by atoms with Crippen LogP contribution < -0.4 is 5.32 Å². The van der Waals surface area contributed by atoms with Crippen LogP contribution in [0.15, 0.2) is 30.5 Å². The van der Waals surface area contributed by atoms with Crippen molar-refractivity contribution in [2.45, 2.75) is 18.9 Å². The van der Waals surface area contributed by atoms with Gasteiger partial charge in [-0.2, -0.15) is 5.10 Å². The zero-order chi connectivity index (χ0) is 17.4. The van der Waals surface area contributed by atoms with Gasteiger partial charge in [-0.05, 0) is 18.6 Å². The second-order valence-electron chi connectivity index (χ2n) is 6.13. The molecule has 2 unspecified atom stereocenters. The van der Waals surface area contributed by atoms with E-state index in [-0.39, 0.29) is 17.6 Å². The summed E-state index contributed by atoms with van der Waals surface area (Å²) in [5, 5.41) is 16.9. The summed E-state index contributed by atoms with van der Waals surface area (Å²) >= 11 is 0. The Bertz CT molecular complexity index is 799. The molecule has 1 aromatic carbocycles. The van der Waals surface area contributed by atoms with Gasteiger partial charge in [-0.1, -0.05) is 18.2 Å². The minimum absolute atomic E-state index is 0.0432. The molecule has 0 saturated heterocycles. The molecule has 1 aliphatic rings. The van der Waals surface area contributed by atoms with E-state index in [4.69, 9.17) is 0 Å². The maximum atomic E-state index is 12.7. The molecule has 126 valence electrons. The smallest absolute Gasteiger partial charge is 0.253 e. The highest BCUT2D eigenvalue weighted by atomic mass is 16.3. The molecule has 3 rings (SSSR count). The highest BCUT2D eigenvalue weighted by molar-refractivity contribution is 6.00. The number of amides is 2. The summed E-state index contributed by atoms with van der Waals surface area (Å²) in [6.45, 7) is 2.09.